The molecular formula is C24H20N4OS. The van der Waals surface area contributed by atoms with Crippen LogP contribution in [0.2, 0.25) is 0 Å². The molecule has 0 atom stereocenters. The lowest BCUT2D eigenvalue weighted by Gasteiger charge is -2.08. The molecule has 0 saturated carbocycles. The van der Waals surface area contributed by atoms with Gasteiger partial charge in [-0.1, -0.05) is 60.7 Å². The molecule has 3 aromatic carbocycles. The fourth-order valence-electron chi connectivity index (χ4n) is 3.66. The van der Waals surface area contributed by atoms with E-state index in [1.165, 1.54) is 0 Å². The van der Waals surface area contributed by atoms with Gasteiger partial charge in [-0.3, -0.25) is 4.79 Å². The second-order valence-electron chi connectivity index (χ2n) is 7.20. The lowest BCUT2D eigenvalue weighted by atomic mass is 10.0. The number of benzene rings is 3. The van der Waals surface area contributed by atoms with Gasteiger partial charge in [0.25, 0.3) is 5.91 Å². The topological polar surface area (TPSA) is 59.3 Å². The van der Waals surface area contributed by atoms with E-state index in [9.17, 15) is 4.79 Å². The molecule has 2 heterocycles. The number of nitrogens with one attached hydrogen (secondary N) is 1. The largest absolute Gasteiger partial charge is 0.352 e. The van der Waals surface area contributed by atoms with Crippen molar-refractivity contribution in [1.82, 2.24) is 19.9 Å². The quantitative estimate of drug-likeness (QED) is 0.447. The van der Waals surface area contributed by atoms with Gasteiger partial charge in [0.05, 0.1) is 5.69 Å². The molecule has 0 unspecified atom stereocenters. The van der Waals surface area contributed by atoms with Gasteiger partial charge in [-0.2, -0.15) is 4.98 Å². The number of fused-ring (bicyclic) bond motifs is 2. The first-order chi connectivity index (χ1) is 14.7. The van der Waals surface area contributed by atoms with Crippen LogP contribution in [0.15, 0.2) is 72.1 Å². The molecule has 0 saturated heterocycles. The van der Waals surface area contributed by atoms with E-state index in [0.29, 0.717) is 18.5 Å². The van der Waals surface area contributed by atoms with E-state index in [1.807, 2.05) is 65.2 Å². The van der Waals surface area contributed by atoms with Crippen molar-refractivity contribution in [2.45, 2.75) is 13.3 Å². The predicted octanol–water partition coefficient (Wildman–Crippen LogP) is 4.89. The maximum absolute atomic E-state index is 12.7. The summed E-state index contributed by atoms with van der Waals surface area (Å²) in [7, 11) is 0. The normalized spacial score (nSPS) is 11.2. The highest BCUT2D eigenvalue weighted by Crippen LogP contribution is 2.23. The number of hydrogen-bond acceptors (Lipinski definition) is 4. The van der Waals surface area contributed by atoms with Gasteiger partial charge in [0.1, 0.15) is 0 Å². The minimum absolute atomic E-state index is 0.0579. The molecule has 5 aromatic rings. The zero-order valence-corrected chi connectivity index (χ0v) is 17.3. The summed E-state index contributed by atoms with van der Waals surface area (Å²) in [5, 5.41) is 11.8. The summed E-state index contributed by atoms with van der Waals surface area (Å²) in [5.74, 6) is 0.679. The van der Waals surface area contributed by atoms with Gasteiger partial charge in [-0.05, 0) is 29.3 Å². The number of aromatic nitrogens is 3. The Morgan fingerprint density at radius 1 is 1.03 bits per heavy atom. The molecule has 0 bridgehead atoms. The minimum atomic E-state index is -0.0579. The summed E-state index contributed by atoms with van der Waals surface area (Å²) >= 11 is 1.57. The van der Waals surface area contributed by atoms with Crippen LogP contribution in [0.4, 0.5) is 0 Å². The molecule has 1 amide bonds. The highest BCUT2D eigenvalue weighted by Gasteiger charge is 2.14. The van der Waals surface area contributed by atoms with Crippen molar-refractivity contribution in [2.75, 3.05) is 6.54 Å². The Hall–Kier alpha value is -3.51. The van der Waals surface area contributed by atoms with Crippen molar-refractivity contribution in [3.8, 4) is 11.4 Å². The molecule has 5 nitrogen and oxygen atoms in total. The van der Waals surface area contributed by atoms with Gasteiger partial charge in [-0.25, -0.2) is 4.52 Å². The Bertz CT molecular complexity index is 1360. The van der Waals surface area contributed by atoms with Crippen LogP contribution in [0.5, 0.6) is 0 Å². The number of nitrogens with zero attached hydrogens (tertiary/aromatic N) is 3. The standard InChI is InChI=1S/C24H20N4OS/c1-16-7-2-4-10-19(16)22-26-24-28(27-22)18(15-30-24)13-14-25-23(29)21-12-6-9-17-8-3-5-11-20(17)21/h2-12,15H,13-14H2,1H3,(H,25,29). The molecule has 2 aromatic heterocycles. The Morgan fingerprint density at radius 2 is 1.83 bits per heavy atom. The van der Waals surface area contributed by atoms with E-state index < -0.39 is 0 Å². The molecule has 0 spiro atoms. The Kier molecular flexibility index (Phi) is 4.77. The summed E-state index contributed by atoms with van der Waals surface area (Å²) in [4.78, 5) is 18.3. The van der Waals surface area contributed by atoms with Crippen LogP contribution in [0, 0.1) is 6.92 Å². The Morgan fingerprint density at radius 3 is 2.73 bits per heavy atom. The molecule has 6 heteroatoms. The van der Waals surface area contributed by atoms with Gasteiger partial charge in [0.2, 0.25) is 4.96 Å². The van der Waals surface area contributed by atoms with Crippen LogP contribution >= 0.6 is 11.3 Å². The zero-order chi connectivity index (χ0) is 20.5. The smallest absolute Gasteiger partial charge is 0.251 e. The first-order valence-electron chi connectivity index (χ1n) is 9.86. The Labute approximate surface area is 178 Å². The molecular weight excluding hydrogens is 392 g/mol. The van der Waals surface area contributed by atoms with E-state index in [-0.39, 0.29) is 5.91 Å². The maximum atomic E-state index is 12.7. The van der Waals surface area contributed by atoms with E-state index in [2.05, 4.69) is 28.7 Å². The van der Waals surface area contributed by atoms with Crippen molar-refractivity contribution in [3.63, 3.8) is 0 Å². The molecule has 0 aliphatic heterocycles. The third-order valence-corrected chi connectivity index (χ3v) is 6.10. The summed E-state index contributed by atoms with van der Waals surface area (Å²) in [6, 6.07) is 21.9. The molecule has 0 aliphatic carbocycles. The average molecular weight is 413 g/mol. The van der Waals surface area contributed by atoms with Gasteiger partial charge in [0.15, 0.2) is 5.82 Å². The predicted molar refractivity (Wildman–Crippen MR) is 121 cm³/mol. The van der Waals surface area contributed by atoms with Crippen LogP contribution in [-0.4, -0.2) is 27.0 Å². The number of rotatable bonds is 5. The van der Waals surface area contributed by atoms with E-state index >= 15 is 0 Å². The van der Waals surface area contributed by atoms with Crippen molar-refractivity contribution >= 4 is 33.0 Å². The van der Waals surface area contributed by atoms with Crippen molar-refractivity contribution < 1.29 is 4.79 Å². The second-order valence-corrected chi connectivity index (χ2v) is 8.04. The van der Waals surface area contributed by atoms with Crippen LogP contribution in [0.25, 0.3) is 27.1 Å². The summed E-state index contributed by atoms with van der Waals surface area (Å²) in [5.41, 5.74) is 3.94. The molecule has 30 heavy (non-hydrogen) atoms. The highest BCUT2D eigenvalue weighted by atomic mass is 32.1. The van der Waals surface area contributed by atoms with E-state index in [4.69, 9.17) is 5.10 Å². The van der Waals surface area contributed by atoms with Crippen molar-refractivity contribution in [1.29, 1.82) is 0 Å². The van der Waals surface area contributed by atoms with Gasteiger partial charge in [0, 0.05) is 29.5 Å². The van der Waals surface area contributed by atoms with Crippen molar-refractivity contribution in [3.05, 3.63) is 88.9 Å². The van der Waals surface area contributed by atoms with Crippen LogP contribution in [0.1, 0.15) is 21.6 Å². The number of aryl methyl sites for hydroxylation is 1. The first-order valence-corrected chi connectivity index (χ1v) is 10.7. The van der Waals surface area contributed by atoms with Gasteiger partial charge in [-0.15, -0.1) is 16.4 Å². The van der Waals surface area contributed by atoms with Crippen LogP contribution in [-0.2, 0) is 6.42 Å². The fourth-order valence-corrected chi connectivity index (χ4v) is 4.51. The minimum Gasteiger partial charge on any atom is -0.352 e. The van der Waals surface area contributed by atoms with E-state index in [0.717, 1.165) is 38.4 Å². The summed E-state index contributed by atoms with van der Waals surface area (Å²) < 4.78 is 1.89. The fraction of sp³-hybridized carbons (Fsp3) is 0.125. The third-order valence-electron chi connectivity index (χ3n) is 5.24. The summed E-state index contributed by atoms with van der Waals surface area (Å²) in [6.07, 6.45) is 0.688. The first kappa shape index (κ1) is 18.5. The van der Waals surface area contributed by atoms with E-state index in [1.54, 1.807) is 11.3 Å². The lowest BCUT2D eigenvalue weighted by Crippen LogP contribution is -2.26. The van der Waals surface area contributed by atoms with Crippen molar-refractivity contribution in [2.24, 2.45) is 0 Å². The monoisotopic (exact) mass is 412 g/mol. The molecule has 0 aliphatic rings. The van der Waals surface area contributed by atoms with Gasteiger partial charge >= 0.3 is 0 Å². The number of carbonyl (C=O) groups excluding carboxylic acids is 1. The molecule has 148 valence electrons. The van der Waals surface area contributed by atoms with Crippen LogP contribution in [0.3, 0.4) is 0 Å². The SMILES string of the molecule is Cc1ccccc1-c1nc2scc(CCNC(=O)c3cccc4ccccc34)n2n1. The molecule has 0 fully saturated rings. The molecule has 0 radical (unpaired) electrons. The molecule has 1 N–H and O–H groups in total. The van der Waals surface area contributed by atoms with Crippen LogP contribution < -0.4 is 5.32 Å². The van der Waals surface area contributed by atoms with Gasteiger partial charge < -0.3 is 5.32 Å². The Balaban J connectivity index is 1.32. The number of hydrogen-bond donors (Lipinski definition) is 1. The average Bonchev–Trinajstić information content (AvgIpc) is 3.35. The lowest BCUT2D eigenvalue weighted by molar-refractivity contribution is 0.0955. The maximum Gasteiger partial charge on any atom is 0.251 e. The highest BCUT2D eigenvalue weighted by molar-refractivity contribution is 7.15. The summed E-state index contributed by atoms with van der Waals surface area (Å²) in [6.45, 7) is 2.60. The second kappa shape index (κ2) is 7.72. The number of carbonyl (C=O) groups is 1. The number of amides is 1. The molecule has 5 rings (SSSR count). The zero-order valence-electron chi connectivity index (χ0n) is 16.5. The third kappa shape index (κ3) is 3.35. The number of thiazole rings is 1.